The molecule has 9 nitrogen and oxygen atoms in total. The van der Waals surface area contributed by atoms with E-state index in [4.69, 9.17) is 29.3 Å². The zero-order valence-electron chi connectivity index (χ0n) is 19.6. The summed E-state index contributed by atoms with van der Waals surface area (Å²) in [6.45, 7) is 3.96. The summed E-state index contributed by atoms with van der Waals surface area (Å²) in [5.74, 6) is -2.23. The second-order valence-corrected chi connectivity index (χ2v) is 7.23. The van der Waals surface area contributed by atoms with Crippen LogP contribution in [-0.2, 0) is 33.6 Å². The third-order valence-corrected chi connectivity index (χ3v) is 4.75. The van der Waals surface area contributed by atoms with Gasteiger partial charge in [0.15, 0.2) is 0 Å². The fourth-order valence-electron chi connectivity index (χ4n) is 3.04. The highest BCUT2D eigenvalue weighted by Crippen LogP contribution is 2.29. The van der Waals surface area contributed by atoms with E-state index >= 15 is 0 Å². The van der Waals surface area contributed by atoms with Gasteiger partial charge in [0.25, 0.3) is 0 Å². The number of benzene rings is 2. The van der Waals surface area contributed by atoms with E-state index in [0.717, 1.165) is 34.7 Å². The smallest absolute Gasteiger partial charge is 0.416 e. The maximum atomic E-state index is 12.7. The third kappa shape index (κ3) is 8.31. The first-order chi connectivity index (χ1) is 17.1. The van der Waals surface area contributed by atoms with Crippen LogP contribution in [0.2, 0.25) is 0 Å². The van der Waals surface area contributed by atoms with Crippen molar-refractivity contribution in [3.05, 3.63) is 65.9 Å². The average Bonchev–Trinajstić information content (AvgIpc) is 3.24. The van der Waals surface area contributed by atoms with Gasteiger partial charge in [-0.05, 0) is 48.9 Å². The van der Waals surface area contributed by atoms with Gasteiger partial charge in [0.1, 0.15) is 5.75 Å². The summed E-state index contributed by atoms with van der Waals surface area (Å²) < 4.78 is 50.9. The summed E-state index contributed by atoms with van der Waals surface area (Å²) in [4.78, 5) is 22.7. The number of carbonyl (C=O) groups is 2. The van der Waals surface area contributed by atoms with Crippen LogP contribution in [0.4, 0.5) is 19.1 Å². The van der Waals surface area contributed by atoms with Gasteiger partial charge in [-0.3, -0.25) is 0 Å². The lowest BCUT2D eigenvalue weighted by molar-refractivity contribution is -0.159. The van der Waals surface area contributed by atoms with E-state index in [1.54, 1.807) is 13.3 Å². The maximum Gasteiger partial charge on any atom is 0.416 e. The first-order valence-electron chi connectivity index (χ1n) is 10.7. The fourth-order valence-corrected chi connectivity index (χ4v) is 3.04. The SMILES string of the molecule is CCOc1ccc(-c2cnc(NCc3ccc(C(F)(F)F)cc3)n2CCOC)cc1.O=C(O)C(=O)O. The Morgan fingerprint density at radius 2 is 1.64 bits per heavy atom. The quantitative estimate of drug-likeness (QED) is 0.363. The van der Waals surface area contributed by atoms with Gasteiger partial charge in [0, 0.05) is 25.8 Å². The highest BCUT2D eigenvalue weighted by atomic mass is 19.4. The highest BCUT2D eigenvalue weighted by molar-refractivity contribution is 6.27. The monoisotopic (exact) mass is 509 g/mol. The summed E-state index contributed by atoms with van der Waals surface area (Å²) in [7, 11) is 1.63. The number of nitrogens with one attached hydrogen (secondary N) is 1. The maximum absolute atomic E-state index is 12.7. The fraction of sp³-hybridized carbons (Fsp3) is 0.292. The van der Waals surface area contributed by atoms with Crippen LogP contribution < -0.4 is 10.1 Å². The van der Waals surface area contributed by atoms with Crippen LogP contribution in [0.15, 0.2) is 54.7 Å². The van der Waals surface area contributed by atoms with E-state index in [0.29, 0.717) is 32.3 Å². The highest BCUT2D eigenvalue weighted by Gasteiger charge is 2.29. The number of hydrogen-bond donors (Lipinski definition) is 3. The molecule has 0 atom stereocenters. The van der Waals surface area contributed by atoms with Gasteiger partial charge in [0.2, 0.25) is 5.95 Å². The first-order valence-corrected chi connectivity index (χ1v) is 10.7. The predicted octanol–water partition coefficient (Wildman–Crippen LogP) is 4.38. The Balaban J connectivity index is 0.000000678. The number of imidazole rings is 1. The van der Waals surface area contributed by atoms with Crippen LogP contribution in [0.1, 0.15) is 18.1 Å². The lowest BCUT2D eigenvalue weighted by atomic mass is 10.1. The second-order valence-electron chi connectivity index (χ2n) is 7.23. The van der Waals surface area contributed by atoms with Crippen molar-refractivity contribution < 1.29 is 42.4 Å². The average molecular weight is 509 g/mol. The van der Waals surface area contributed by atoms with Crippen molar-refractivity contribution in [1.29, 1.82) is 0 Å². The van der Waals surface area contributed by atoms with E-state index in [-0.39, 0.29) is 0 Å². The molecule has 0 saturated heterocycles. The number of anilines is 1. The normalized spacial score (nSPS) is 10.8. The van der Waals surface area contributed by atoms with Gasteiger partial charge in [-0.25, -0.2) is 14.6 Å². The van der Waals surface area contributed by atoms with Gasteiger partial charge < -0.3 is 29.6 Å². The molecule has 1 heterocycles. The minimum absolute atomic E-state index is 0.352. The number of methoxy groups -OCH3 is 1. The van der Waals surface area contributed by atoms with Crippen LogP contribution in [-0.4, -0.2) is 52.0 Å². The topological polar surface area (TPSA) is 123 Å². The summed E-state index contributed by atoms with van der Waals surface area (Å²) in [5.41, 5.74) is 1.95. The molecule has 36 heavy (non-hydrogen) atoms. The molecule has 194 valence electrons. The van der Waals surface area contributed by atoms with Crippen LogP contribution >= 0.6 is 0 Å². The lowest BCUT2D eigenvalue weighted by Crippen LogP contribution is -2.12. The van der Waals surface area contributed by atoms with Crippen molar-refractivity contribution in [1.82, 2.24) is 9.55 Å². The Morgan fingerprint density at radius 3 is 2.14 bits per heavy atom. The molecule has 12 heteroatoms. The van der Waals surface area contributed by atoms with Crippen LogP contribution in [0, 0.1) is 0 Å². The van der Waals surface area contributed by atoms with Crippen molar-refractivity contribution in [2.24, 2.45) is 0 Å². The van der Waals surface area contributed by atoms with E-state index in [2.05, 4.69) is 10.3 Å². The molecule has 2 aromatic carbocycles. The number of carboxylic acid groups (broad SMARTS) is 2. The second kappa shape index (κ2) is 13.1. The third-order valence-electron chi connectivity index (χ3n) is 4.75. The molecule has 3 N–H and O–H groups in total. The molecule has 1 aromatic heterocycles. The number of hydrogen-bond acceptors (Lipinski definition) is 6. The molecule has 0 spiro atoms. The number of nitrogens with zero attached hydrogens (tertiary/aromatic N) is 2. The number of alkyl halides is 3. The predicted molar refractivity (Wildman–Crippen MR) is 125 cm³/mol. The van der Waals surface area contributed by atoms with Crippen molar-refractivity contribution in [2.45, 2.75) is 26.2 Å². The number of rotatable bonds is 9. The minimum Gasteiger partial charge on any atom is -0.494 e. The first kappa shape index (κ1) is 28.2. The van der Waals surface area contributed by atoms with Crippen molar-refractivity contribution in [2.75, 3.05) is 25.6 Å². The number of carboxylic acids is 2. The molecule has 0 aliphatic heterocycles. The van der Waals surface area contributed by atoms with Crippen LogP contribution in [0.5, 0.6) is 5.75 Å². The van der Waals surface area contributed by atoms with E-state index in [1.807, 2.05) is 35.8 Å². The molecule has 0 aliphatic carbocycles. The Bertz CT molecular complexity index is 1120. The van der Waals surface area contributed by atoms with Gasteiger partial charge in [0.05, 0.1) is 30.7 Å². The summed E-state index contributed by atoms with van der Waals surface area (Å²) in [6, 6.07) is 12.8. The van der Waals surface area contributed by atoms with Crippen molar-refractivity contribution >= 4 is 17.9 Å². The zero-order valence-corrected chi connectivity index (χ0v) is 19.6. The number of aliphatic carboxylic acids is 2. The van der Waals surface area contributed by atoms with Gasteiger partial charge >= 0.3 is 18.1 Å². The standard InChI is InChI=1S/C22H24F3N3O2.C2H2O4/c1-3-30-19-10-6-17(7-11-19)20-15-27-21(28(20)12-13-29-2)26-14-16-4-8-18(9-5-16)22(23,24)25;3-1(4)2(5)6/h4-11,15H,3,12-14H2,1-2H3,(H,26,27);(H,3,4)(H,5,6). The summed E-state index contributed by atoms with van der Waals surface area (Å²) in [6.07, 6.45) is -2.57. The molecule has 0 amide bonds. The largest absolute Gasteiger partial charge is 0.494 e. The molecule has 3 aromatic rings. The van der Waals surface area contributed by atoms with E-state index < -0.39 is 23.7 Å². The van der Waals surface area contributed by atoms with Crippen LogP contribution in [0.3, 0.4) is 0 Å². The van der Waals surface area contributed by atoms with Gasteiger partial charge in [-0.2, -0.15) is 13.2 Å². The molecule has 3 rings (SSSR count). The molecule has 0 radical (unpaired) electrons. The number of aromatic nitrogens is 2. The summed E-state index contributed by atoms with van der Waals surface area (Å²) in [5, 5.41) is 18.0. The molecule has 0 bridgehead atoms. The molecule has 0 unspecified atom stereocenters. The van der Waals surface area contributed by atoms with Gasteiger partial charge in [-0.1, -0.05) is 12.1 Å². The van der Waals surface area contributed by atoms with Gasteiger partial charge in [-0.15, -0.1) is 0 Å². The molecule has 0 saturated carbocycles. The Labute approximate surface area is 205 Å². The molecular weight excluding hydrogens is 483 g/mol. The minimum atomic E-state index is -4.34. The molecule has 0 fully saturated rings. The Hall–Kier alpha value is -4.06. The van der Waals surface area contributed by atoms with Crippen LogP contribution in [0.25, 0.3) is 11.3 Å². The Kier molecular flexibility index (Phi) is 10.3. The van der Waals surface area contributed by atoms with Crippen molar-refractivity contribution in [3.63, 3.8) is 0 Å². The number of halogens is 3. The number of ether oxygens (including phenoxy) is 2. The van der Waals surface area contributed by atoms with Crippen molar-refractivity contribution in [3.8, 4) is 17.0 Å². The zero-order chi connectivity index (χ0) is 26.7. The molecular formula is C24H26F3N3O6. The molecule has 0 aliphatic rings. The van der Waals surface area contributed by atoms with E-state index in [1.165, 1.54) is 12.1 Å². The lowest BCUT2D eigenvalue weighted by Gasteiger charge is -2.14. The Morgan fingerprint density at radius 1 is 1.03 bits per heavy atom. The van der Waals surface area contributed by atoms with E-state index in [9.17, 15) is 13.2 Å². The summed E-state index contributed by atoms with van der Waals surface area (Å²) >= 11 is 0.